The number of aliphatic hydroxyl groups excluding tert-OH is 2. The van der Waals surface area contributed by atoms with E-state index in [1.54, 1.807) is 0 Å². The van der Waals surface area contributed by atoms with Gasteiger partial charge in [0.2, 0.25) is 11.9 Å². The molecule has 0 saturated carbocycles. The second kappa shape index (κ2) is 12.6. The first-order chi connectivity index (χ1) is 22.0. The minimum atomic E-state index is -5.37. The Morgan fingerprint density at radius 3 is 2.26 bits per heavy atom. The summed E-state index contributed by atoms with van der Waals surface area (Å²) >= 11 is 8.99. The standard InChI is InChI=1S/C20H28N10O13P2S2/c21-19-26-13-7(15(33)28-19)24-6-12(47)11(46)5(41-17(6)25-13)2-40-45(37,38)43-44(35,36)39-1-4-9(31)10(32)18(42-4)30-3-23-8-14(30)27-20(22)29-16(8)34/h3-6,9-12,17-18,24,31-32,46-47H,1-2H2,(H,35,36)(H,37,38)(H3,22,27,29,34)(H4,21,25,26,28,33)/t4-,5-,6+,9-,10-,11+,12-,17-,18-/m1/s1. The van der Waals surface area contributed by atoms with Gasteiger partial charge in [-0.15, -0.1) is 0 Å². The lowest BCUT2D eigenvalue weighted by atomic mass is 9.99. The number of hydrogen-bond acceptors (Lipinski definition) is 20. The lowest BCUT2D eigenvalue weighted by molar-refractivity contribution is -0.0591. The number of aromatic amines is 2. The molecule has 0 amide bonds. The van der Waals surface area contributed by atoms with Crippen LogP contribution in [0.1, 0.15) is 6.23 Å². The van der Waals surface area contributed by atoms with Crippen molar-refractivity contribution >= 4 is 75.5 Å². The third-order valence-electron chi connectivity index (χ3n) is 7.35. The number of aromatic nitrogens is 6. The van der Waals surface area contributed by atoms with E-state index >= 15 is 0 Å². The molecule has 3 aliphatic rings. The molecular formula is C20H28N10O13P2S2. The monoisotopic (exact) mass is 742 g/mol. The van der Waals surface area contributed by atoms with Gasteiger partial charge in [0.05, 0.1) is 31.7 Å². The smallest absolute Gasteiger partial charge is 0.387 e. The summed E-state index contributed by atoms with van der Waals surface area (Å²) in [4.78, 5) is 61.1. The van der Waals surface area contributed by atoms with E-state index in [0.717, 1.165) is 10.9 Å². The molecule has 23 nitrogen and oxygen atoms in total. The molecule has 47 heavy (non-hydrogen) atoms. The number of phosphoric ester groups is 2. The van der Waals surface area contributed by atoms with Gasteiger partial charge in [-0.25, -0.2) is 14.1 Å². The number of imidazole rings is 1. The zero-order valence-electron chi connectivity index (χ0n) is 23.4. The van der Waals surface area contributed by atoms with Crippen molar-refractivity contribution in [3.05, 3.63) is 27.0 Å². The Hall–Kier alpha value is -2.77. The second-order valence-corrected chi connectivity index (χ2v) is 14.7. The van der Waals surface area contributed by atoms with E-state index in [4.69, 9.17) is 30.0 Å². The fourth-order valence-electron chi connectivity index (χ4n) is 5.16. The number of rotatable bonds is 9. The van der Waals surface area contributed by atoms with Crippen LogP contribution < -0.4 is 33.2 Å². The zero-order chi connectivity index (χ0) is 34.0. The fraction of sp³-hybridized carbons (Fsp3) is 0.550. The van der Waals surface area contributed by atoms with Gasteiger partial charge in [-0.2, -0.15) is 39.5 Å². The summed E-state index contributed by atoms with van der Waals surface area (Å²) in [5.74, 6) is -0.321. The van der Waals surface area contributed by atoms with Crippen LogP contribution in [-0.4, -0.2) is 110 Å². The number of H-pyrrole nitrogens is 2. The highest BCUT2D eigenvalue weighted by Crippen LogP contribution is 2.60. The molecule has 0 aliphatic carbocycles. The Labute approximate surface area is 272 Å². The number of nitrogen functional groups attached to an aromatic ring is 2. The number of hydrogen-bond donors (Lipinski definition) is 12. The molecule has 12 N–H and O–H groups in total. The molecule has 6 heterocycles. The van der Waals surface area contributed by atoms with E-state index in [-0.39, 0.29) is 34.6 Å². The highest BCUT2D eigenvalue weighted by molar-refractivity contribution is 7.85. The first kappa shape index (κ1) is 34.1. The fourth-order valence-corrected chi connectivity index (χ4v) is 8.01. The summed E-state index contributed by atoms with van der Waals surface area (Å²) < 4.78 is 51.8. The normalized spacial score (nSPS) is 32.9. The summed E-state index contributed by atoms with van der Waals surface area (Å²) in [5.41, 5.74) is 9.84. The quantitative estimate of drug-likeness (QED) is 0.0794. The molecule has 2 fully saturated rings. The number of nitrogens with two attached hydrogens (primary N) is 2. The third kappa shape index (κ3) is 6.76. The molecule has 258 valence electrons. The van der Waals surface area contributed by atoms with E-state index in [0.29, 0.717) is 0 Å². The molecule has 3 aliphatic heterocycles. The maximum Gasteiger partial charge on any atom is 0.481 e. The minimum Gasteiger partial charge on any atom is -0.387 e. The number of ether oxygens (including phenoxy) is 2. The number of aliphatic hydroxyl groups is 2. The number of anilines is 4. The lowest BCUT2D eigenvalue weighted by Crippen LogP contribution is -2.62. The number of phosphoric acid groups is 2. The van der Waals surface area contributed by atoms with E-state index in [9.17, 15) is 38.7 Å². The van der Waals surface area contributed by atoms with E-state index in [2.05, 4.69) is 65.1 Å². The summed E-state index contributed by atoms with van der Waals surface area (Å²) in [5, 5.41) is 25.5. The molecule has 6 rings (SSSR count). The second-order valence-electron chi connectivity index (χ2n) is 10.5. The van der Waals surface area contributed by atoms with Gasteiger partial charge in [0, 0.05) is 10.5 Å². The first-order valence-electron chi connectivity index (χ1n) is 13.4. The van der Waals surface area contributed by atoms with E-state index in [1.165, 1.54) is 0 Å². The van der Waals surface area contributed by atoms with Gasteiger partial charge in [0.1, 0.15) is 24.0 Å². The lowest BCUT2D eigenvalue weighted by Gasteiger charge is -2.46. The first-order valence-corrected chi connectivity index (χ1v) is 17.4. The van der Waals surface area contributed by atoms with Gasteiger partial charge in [-0.05, 0) is 0 Å². The molecule has 3 aromatic rings. The van der Waals surface area contributed by atoms with Crippen LogP contribution in [0.2, 0.25) is 0 Å². The highest BCUT2D eigenvalue weighted by atomic mass is 32.1. The van der Waals surface area contributed by atoms with Crippen molar-refractivity contribution in [2.45, 2.75) is 53.4 Å². The Balaban J connectivity index is 1.05. The van der Waals surface area contributed by atoms with Crippen LogP contribution in [0.4, 0.5) is 23.4 Å². The average molecular weight is 743 g/mol. The summed E-state index contributed by atoms with van der Waals surface area (Å²) in [6.45, 7) is -1.60. The number of thiol groups is 2. The molecule has 3 aromatic heterocycles. The number of fused-ring (bicyclic) bond motifs is 3. The maximum absolute atomic E-state index is 12.6. The van der Waals surface area contributed by atoms with Crippen molar-refractivity contribution in [1.29, 1.82) is 0 Å². The number of nitrogens with zero attached hydrogens (tertiary/aromatic N) is 4. The van der Waals surface area contributed by atoms with Crippen LogP contribution >= 0.6 is 40.9 Å². The van der Waals surface area contributed by atoms with Crippen molar-refractivity contribution in [1.82, 2.24) is 29.5 Å². The van der Waals surface area contributed by atoms with Crippen molar-refractivity contribution < 1.29 is 52.0 Å². The average Bonchev–Trinajstić information content (AvgIpc) is 3.52. The maximum atomic E-state index is 12.6. The van der Waals surface area contributed by atoms with Crippen molar-refractivity contribution in [2.75, 3.05) is 35.3 Å². The van der Waals surface area contributed by atoms with E-state index in [1.807, 2.05) is 0 Å². The molecule has 0 aromatic carbocycles. The topological polar surface area (TPSA) is 347 Å². The minimum absolute atomic E-state index is 0.0827. The molecule has 0 spiro atoms. The van der Waals surface area contributed by atoms with Crippen LogP contribution in [-0.2, 0) is 32.0 Å². The molecule has 0 bridgehead atoms. The van der Waals surface area contributed by atoms with Crippen LogP contribution in [0.5, 0.6) is 0 Å². The summed E-state index contributed by atoms with van der Waals surface area (Å²) in [7, 11) is -10.7. The summed E-state index contributed by atoms with van der Waals surface area (Å²) in [6.07, 6.45) is -7.05. The van der Waals surface area contributed by atoms with Gasteiger partial charge in [0.15, 0.2) is 29.4 Å². The van der Waals surface area contributed by atoms with Gasteiger partial charge in [-0.1, -0.05) is 0 Å². The molecule has 11 atom stereocenters. The van der Waals surface area contributed by atoms with Gasteiger partial charge < -0.3 is 51.6 Å². The van der Waals surface area contributed by atoms with Gasteiger partial charge in [-0.3, -0.25) is 33.2 Å². The molecule has 0 radical (unpaired) electrons. The predicted octanol–water partition coefficient (Wildman–Crippen LogP) is -2.53. The SMILES string of the molecule is Nc1nc2c(c(=O)[nH]1)N[C@H]1[C@@H](S)[C@@H](S)[C@@H](COP(=O)(O)OP(=O)(O)OC[C@H]3O[C@@H](n4cnc5c(=O)[nH]c(N)nc54)[C@H](O)[C@@H]3O)O[C@H]1N2. The number of nitrogens with one attached hydrogen (secondary N) is 4. The largest absolute Gasteiger partial charge is 0.481 e. The van der Waals surface area contributed by atoms with Crippen LogP contribution in [0.15, 0.2) is 15.9 Å². The molecule has 27 heteroatoms. The van der Waals surface area contributed by atoms with Crippen molar-refractivity contribution in [3.8, 4) is 0 Å². The Kier molecular flexibility index (Phi) is 9.14. The van der Waals surface area contributed by atoms with Crippen molar-refractivity contribution in [2.24, 2.45) is 0 Å². The highest BCUT2D eigenvalue weighted by Gasteiger charge is 2.48. The van der Waals surface area contributed by atoms with E-state index < -0.39 is 93.4 Å². The van der Waals surface area contributed by atoms with Gasteiger partial charge in [0.25, 0.3) is 11.1 Å². The molecule has 2 unspecified atom stereocenters. The zero-order valence-corrected chi connectivity index (χ0v) is 27.0. The van der Waals surface area contributed by atoms with Gasteiger partial charge >= 0.3 is 15.6 Å². The Morgan fingerprint density at radius 2 is 1.55 bits per heavy atom. The third-order valence-corrected chi connectivity index (χ3v) is 11.5. The van der Waals surface area contributed by atoms with Crippen molar-refractivity contribution in [3.63, 3.8) is 0 Å². The predicted molar refractivity (Wildman–Crippen MR) is 166 cm³/mol. The molecular weight excluding hydrogens is 714 g/mol. The Morgan fingerprint density at radius 1 is 0.915 bits per heavy atom. The van der Waals surface area contributed by atoms with Crippen LogP contribution in [0, 0.1) is 0 Å². The molecule has 2 saturated heterocycles. The Bertz CT molecular complexity index is 1900. The van der Waals surface area contributed by atoms with Crippen LogP contribution in [0.3, 0.4) is 0 Å². The summed E-state index contributed by atoms with van der Waals surface area (Å²) in [6, 6.07) is -0.616. The van der Waals surface area contributed by atoms with Crippen LogP contribution in [0.25, 0.3) is 11.2 Å².